The summed E-state index contributed by atoms with van der Waals surface area (Å²) in [5.41, 5.74) is -0.283. The first-order valence-corrected chi connectivity index (χ1v) is 7.42. The molecular weight excluding hydrogens is 260 g/mol. The molecule has 0 bridgehead atoms. The van der Waals surface area contributed by atoms with Gasteiger partial charge in [0.05, 0.1) is 20.3 Å². The first kappa shape index (κ1) is 14.0. The summed E-state index contributed by atoms with van der Waals surface area (Å²) in [6.07, 6.45) is 3.75. The van der Waals surface area contributed by atoms with Crippen LogP contribution in [-0.2, 0) is 23.8 Å². The van der Waals surface area contributed by atoms with Gasteiger partial charge in [0.25, 0.3) is 0 Å². The van der Waals surface area contributed by atoms with Gasteiger partial charge in [-0.3, -0.25) is 9.59 Å². The van der Waals surface area contributed by atoms with E-state index in [1.807, 2.05) is 0 Å². The van der Waals surface area contributed by atoms with Crippen LogP contribution in [0.2, 0.25) is 0 Å². The van der Waals surface area contributed by atoms with Crippen LogP contribution < -0.4 is 0 Å². The van der Waals surface area contributed by atoms with Crippen LogP contribution in [0.25, 0.3) is 0 Å². The van der Waals surface area contributed by atoms with Crippen LogP contribution in [0.5, 0.6) is 0 Å². The van der Waals surface area contributed by atoms with Gasteiger partial charge < -0.3 is 14.2 Å². The van der Waals surface area contributed by atoms with Crippen molar-refractivity contribution in [3.8, 4) is 0 Å². The molecule has 3 atom stereocenters. The Morgan fingerprint density at radius 1 is 1.30 bits per heavy atom. The normalized spacial score (nSPS) is 39.6. The number of hydrogen-bond acceptors (Lipinski definition) is 5. The molecule has 20 heavy (non-hydrogen) atoms. The third-order valence-electron chi connectivity index (χ3n) is 5.56. The van der Waals surface area contributed by atoms with Crippen LogP contribution >= 0.6 is 0 Å². The predicted octanol–water partition coefficient (Wildman–Crippen LogP) is 1.69. The van der Waals surface area contributed by atoms with Crippen LogP contribution in [0.3, 0.4) is 0 Å². The highest BCUT2D eigenvalue weighted by atomic mass is 16.7. The maximum atomic E-state index is 12.2. The van der Waals surface area contributed by atoms with E-state index in [0.717, 1.165) is 25.7 Å². The highest BCUT2D eigenvalue weighted by molar-refractivity contribution is 6.00. The number of ether oxygens (including phenoxy) is 3. The molecule has 0 aromatic rings. The van der Waals surface area contributed by atoms with Gasteiger partial charge >= 0.3 is 5.97 Å². The Morgan fingerprint density at radius 2 is 2.00 bits per heavy atom. The van der Waals surface area contributed by atoms with E-state index in [0.29, 0.717) is 19.6 Å². The van der Waals surface area contributed by atoms with Crippen molar-refractivity contribution in [2.45, 2.75) is 44.8 Å². The standard InChI is InChI=1S/C15H22O5/c1-14-7-5-11(16)12(13(17)18-2)10(14)4-3-6-15(14)19-8-9-20-15/h10,12H,3-9H2,1-2H3/t10?,12-,14-/m1/s1. The third kappa shape index (κ3) is 1.76. The summed E-state index contributed by atoms with van der Waals surface area (Å²) >= 11 is 0. The van der Waals surface area contributed by atoms with Crippen molar-refractivity contribution in [1.29, 1.82) is 0 Å². The van der Waals surface area contributed by atoms with Gasteiger partial charge in [0.2, 0.25) is 0 Å². The highest BCUT2D eigenvalue weighted by Crippen LogP contribution is 2.59. The van der Waals surface area contributed by atoms with Gasteiger partial charge in [0.1, 0.15) is 11.7 Å². The second-order valence-corrected chi connectivity index (χ2v) is 6.33. The van der Waals surface area contributed by atoms with Crippen LogP contribution in [0, 0.1) is 17.3 Å². The summed E-state index contributed by atoms with van der Waals surface area (Å²) in [4.78, 5) is 24.3. The molecule has 3 rings (SSSR count). The number of fused-ring (bicyclic) bond motifs is 2. The topological polar surface area (TPSA) is 61.8 Å². The fourth-order valence-electron chi connectivity index (χ4n) is 4.47. The van der Waals surface area contributed by atoms with Crippen molar-refractivity contribution >= 4 is 11.8 Å². The average molecular weight is 282 g/mol. The Labute approximate surface area is 118 Å². The lowest BCUT2D eigenvalue weighted by molar-refractivity contribution is -0.278. The Morgan fingerprint density at radius 3 is 2.65 bits per heavy atom. The number of hydrogen-bond donors (Lipinski definition) is 0. The monoisotopic (exact) mass is 282 g/mol. The Hall–Kier alpha value is -0.940. The van der Waals surface area contributed by atoms with E-state index in [1.54, 1.807) is 0 Å². The van der Waals surface area contributed by atoms with Gasteiger partial charge in [-0.2, -0.15) is 0 Å². The molecule has 0 radical (unpaired) electrons. The summed E-state index contributed by atoms with van der Waals surface area (Å²) in [6, 6.07) is 0. The molecule has 0 N–H and O–H groups in total. The minimum Gasteiger partial charge on any atom is -0.468 e. The van der Waals surface area contributed by atoms with Crippen molar-refractivity contribution in [3.05, 3.63) is 0 Å². The Kier molecular flexibility index (Phi) is 3.37. The maximum Gasteiger partial charge on any atom is 0.316 e. The third-order valence-corrected chi connectivity index (χ3v) is 5.56. The number of Topliss-reactive ketones (excluding diaryl/α,β-unsaturated/α-hetero) is 1. The quantitative estimate of drug-likeness (QED) is 0.541. The molecule has 0 aromatic heterocycles. The van der Waals surface area contributed by atoms with Crippen molar-refractivity contribution in [2.24, 2.45) is 17.3 Å². The molecule has 5 nitrogen and oxygen atoms in total. The number of rotatable bonds is 1. The average Bonchev–Trinajstić information content (AvgIpc) is 2.91. The van der Waals surface area contributed by atoms with E-state index < -0.39 is 17.7 Å². The predicted molar refractivity (Wildman–Crippen MR) is 69.8 cm³/mol. The van der Waals surface area contributed by atoms with Gasteiger partial charge in [-0.15, -0.1) is 0 Å². The molecule has 1 saturated heterocycles. The summed E-state index contributed by atoms with van der Waals surface area (Å²) < 4.78 is 16.8. The maximum absolute atomic E-state index is 12.2. The number of ketones is 1. The van der Waals surface area contributed by atoms with Gasteiger partial charge in [-0.1, -0.05) is 6.92 Å². The first-order valence-electron chi connectivity index (χ1n) is 7.42. The second kappa shape index (κ2) is 4.81. The zero-order valence-electron chi connectivity index (χ0n) is 12.1. The molecule has 2 aliphatic carbocycles. The number of carbonyl (C=O) groups is 2. The fourth-order valence-corrected chi connectivity index (χ4v) is 4.47. The lowest BCUT2D eigenvalue weighted by Gasteiger charge is -2.56. The van der Waals surface area contributed by atoms with E-state index in [4.69, 9.17) is 14.2 Å². The highest BCUT2D eigenvalue weighted by Gasteiger charge is 2.63. The molecule has 3 aliphatic rings. The van der Waals surface area contributed by atoms with E-state index >= 15 is 0 Å². The van der Waals surface area contributed by atoms with E-state index in [2.05, 4.69) is 6.92 Å². The van der Waals surface area contributed by atoms with E-state index in [1.165, 1.54) is 7.11 Å². The van der Waals surface area contributed by atoms with Crippen LogP contribution in [-0.4, -0.2) is 37.9 Å². The lowest BCUT2D eigenvalue weighted by Crippen LogP contribution is -2.60. The molecular formula is C15H22O5. The van der Waals surface area contributed by atoms with Gasteiger partial charge in [0.15, 0.2) is 5.79 Å². The van der Waals surface area contributed by atoms with E-state index in [-0.39, 0.29) is 17.1 Å². The van der Waals surface area contributed by atoms with Gasteiger partial charge in [0, 0.05) is 18.3 Å². The number of carbonyl (C=O) groups excluding carboxylic acids is 2. The van der Waals surface area contributed by atoms with Crippen molar-refractivity contribution in [3.63, 3.8) is 0 Å². The number of methoxy groups -OCH3 is 1. The fraction of sp³-hybridized carbons (Fsp3) is 0.867. The van der Waals surface area contributed by atoms with E-state index in [9.17, 15) is 9.59 Å². The number of esters is 1. The Balaban J connectivity index is 1.98. The molecule has 1 aliphatic heterocycles. The summed E-state index contributed by atoms with van der Waals surface area (Å²) in [5.74, 6) is -1.69. The molecule has 3 fully saturated rings. The molecule has 1 heterocycles. The van der Waals surface area contributed by atoms with Crippen LogP contribution in [0.1, 0.15) is 39.0 Å². The summed E-state index contributed by atoms with van der Waals surface area (Å²) in [7, 11) is 1.35. The minimum absolute atomic E-state index is 0.00868. The molecule has 5 heteroatoms. The smallest absolute Gasteiger partial charge is 0.316 e. The van der Waals surface area contributed by atoms with Gasteiger partial charge in [-0.25, -0.2) is 0 Å². The van der Waals surface area contributed by atoms with Gasteiger partial charge in [-0.05, 0) is 25.2 Å². The first-order chi connectivity index (χ1) is 9.54. The molecule has 1 spiro atoms. The zero-order valence-corrected chi connectivity index (χ0v) is 12.1. The lowest BCUT2D eigenvalue weighted by atomic mass is 9.53. The summed E-state index contributed by atoms with van der Waals surface area (Å²) in [5, 5.41) is 0. The largest absolute Gasteiger partial charge is 0.468 e. The molecule has 0 amide bonds. The van der Waals surface area contributed by atoms with Crippen molar-refractivity contribution in [2.75, 3.05) is 20.3 Å². The molecule has 1 unspecified atom stereocenters. The van der Waals surface area contributed by atoms with Crippen molar-refractivity contribution < 1.29 is 23.8 Å². The summed E-state index contributed by atoms with van der Waals surface area (Å²) in [6.45, 7) is 3.31. The molecule has 2 saturated carbocycles. The van der Waals surface area contributed by atoms with Crippen LogP contribution in [0.4, 0.5) is 0 Å². The SMILES string of the molecule is COC(=O)[C@H]1C(=O)CC[C@]2(C)C1CCCC21OCCO1. The van der Waals surface area contributed by atoms with Crippen molar-refractivity contribution in [1.82, 2.24) is 0 Å². The Bertz CT molecular complexity index is 418. The zero-order chi connectivity index (χ0) is 14.4. The minimum atomic E-state index is -0.649. The molecule has 112 valence electrons. The molecule has 0 aromatic carbocycles. The second-order valence-electron chi connectivity index (χ2n) is 6.33. The van der Waals surface area contributed by atoms with Crippen LogP contribution in [0.15, 0.2) is 0 Å².